The lowest BCUT2D eigenvalue weighted by molar-refractivity contribution is -0.141. The summed E-state index contributed by atoms with van der Waals surface area (Å²) >= 11 is 0. The highest BCUT2D eigenvalue weighted by Crippen LogP contribution is 2.32. The molecular formula is C12H18F3N3O2S. The van der Waals surface area contributed by atoms with Crippen molar-refractivity contribution in [2.24, 2.45) is 0 Å². The summed E-state index contributed by atoms with van der Waals surface area (Å²) in [5, 5.41) is 0. The number of aromatic nitrogens is 2. The number of halogens is 3. The molecule has 1 fully saturated rings. The Morgan fingerprint density at radius 2 is 2.00 bits per heavy atom. The van der Waals surface area contributed by atoms with Crippen molar-refractivity contribution in [3.05, 3.63) is 17.7 Å². The molecule has 1 aliphatic rings. The van der Waals surface area contributed by atoms with E-state index in [4.69, 9.17) is 0 Å². The Hall–Kier alpha value is -1.09. The molecule has 1 aromatic rings. The van der Waals surface area contributed by atoms with E-state index < -0.39 is 21.9 Å². The average molecular weight is 325 g/mol. The van der Waals surface area contributed by atoms with Gasteiger partial charge in [0.05, 0.1) is 11.9 Å². The quantitative estimate of drug-likeness (QED) is 0.924. The first-order valence-corrected chi connectivity index (χ1v) is 8.45. The molecule has 21 heavy (non-hydrogen) atoms. The summed E-state index contributed by atoms with van der Waals surface area (Å²) in [6.45, 7) is 2.45. The Balaban J connectivity index is 2.00. The van der Waals surface area contributed by atoms with Crippen molar-refractivity contribution in [2.45, 2.75) is 38.3 Å². The highest BCUT2D eigenvalue weighted by atomic mass is 32.2. The summed E-state index contributed by atoms with van der Waals surface area (Å²) in [5.41, 5.74) is -0.862. The van der Waals surface area contributed by atoms with Crippen LogP contribution < -0.4 is 0 Å². The zero-order valence-corrected chi connectivity index (χ0v) is 12.5. The lowest BCUT2D eigenvalue weighted by Crippen LogP contribution is -2.39. The summed E-state index contributed by atoms with van der Waals surface area (Å²) in [6.07, 6.45) is -2.14. The van der Waals surface area contributed by atoms with Gasteiger partial charge < -0.3 is 4.98 Å². The van der Waals surface area contributed by atoms with Crippen molar-refractivity contribution in [1.29, 1.82) is 0 Å². The Kier molecular flexibility index (Phi) is 4.62. The molecule has 0 radical (unpaired) electrons. The van der Waals surface area contributed by atoms with Crippen molar-refractivity contribution in [2.75, 3.05) is 18.8 Å². The molecule has 1 N–H and O–H groups in total. The summed E-state index contributed by atoms with van der Waals surface area (Å²) in [6, 6.07) is 0. The van der Waals surface area contributed by atoms with E-state index in [1.54, 1.807) is 6.92 Å². The fraction of sp³-hybridized carbons (Fsp3) is 0.750. The second-order valence-corrected chi connectivity index (χ2v) is 7.26. The van der Waals surface area contributed by atoms with Gasteiger partial charge in [-0.25, -0.2) is 17.7 Å². The van der Waals surface area contributed by atoms with Crippen LogP contribution in [0.2, 0.25) is 0 Å². The molecular weight excluding hydrogens is 307 g/mol. The number of rotatable bonds is 4. The number of H-pyrrole nitrogens is 1. The average Bonchev–Trinajstić information content (AvgIpc) is 2.88. The Morgan fingerprint density at radius 1 is 1.38 bits per heavy atom. The van der Waals surface area contributed by atoms with Crippen LogP contribution in [0.4, 0.5) is 13.2 Å². The summed E-state index contributed by atoms with van der Waals surface area (Å²) in [4.78, 5) is 6.08. The molecule has 0 amide bonds. The van der Waals surface area contributed by atoms with Crippen LogP contribution in [0.5, 0.6) is 0 Å². The van der Waals surface area contributed by atoms with Gasteiger partial charge in [-0.2, -0.15) is 13.2 Å². The first-order valence-electron chi connectivity index (χ1n) is 6.84. The van der Waals surface area contributed by atoms with Gasteiger partial charge in [0.25, 0.3) is 0 Å². The van der Waals surface area contributed by atoms with Gasteiger partial charge >= 0.3 is 6.18 Å². The van der Waals surface area contributed by atoms with E-state index in [0.717, 1.165) is 6.20 Å². The lowest BCUT2D eigenvalue weighted by Gasteiger charge is -2.30. The highest BCUT2D eigenvalue weighted by molar-refractivity contribution is 7.89. The maximum Gasteiger partial charge on any atom is 0.432 e. The van der Waals surface area contributed by atoms with Crippen molar-refractivity contribution >= 4 is 10.0 Å². The minimum atomic E-state index is -4.43. The van der Waals surface area contributed by atoms with Gasteiger partial charge in [0.2, 0.25) is 10.0 Å². The molecule has 0 unspecified atom stereocenters. The first kappa shape index (κ1) is 16.3. The molecule has 0 spiro atoms. The van der Waals surface area contributed by atoms with Crippen LogP contribution in [0.1, 0.15) is 43.6 Å². The molecule has 2 rings (SSSR count). The standard InChI is InChI=1S/C12H18F3N3O2S/c1-2-7-21(19,20)18-5-3-9(4-6-18)11-16-8-10(17-11)12(13,14)15/h8-9H,2-7H2,1H3,(H,16,17). The minimum Gasteiger partial charge on any atom is -0.338 e. The SMILES string of the molecule is CCCS(=O)(=O)N1CCC(c2ncc(C(F)(F)F)[nH]2)CC1. The molecule has 5 nitrogen and oxygen atoms in total. The molecule has 2 heterocycles. The molecule has 9 heteroatoms. The second kappa shape index (κ2) is 5.96. The van der Waals surface area contributed by atoms with Gasteiger partial charge in [-0.05, 0) is 19.3 Å². The molecule has 0 bridgehead atoms. The molecule has 1 aliphatic heterocycles. The largest absolute Gasteiger partial charge is 0.432 e. The summed E-state index contributed by atoms with van der Waals surface area (Å²) < 4.78 is 62.8. The van der Waals surface area contributed by atoms with Crippen LogP contribution in [0, 0.1) is 0 Å². The topological polar surface area (TPSA) is 66.1 Å². The molecule has 0 saturated carbocycles. The summed E-state index contributed by atoms with van der Waals surface area (Å²) in [5.74, 6) is 0.237. The van der Waals surface area contributed by atoms with Crippen molar-refractivity contribution < 1.29 is 21.6 Å². The van der Waals surface area contributed by atoms with Gasteiger partial charge in [0.15, 0.2) is 0 Å². The number of imidazole rings is 1. The second-order valence-electron chi connectivity index (χ2n) is 5.17. The zero-order valence-electron chi connectivity index (χ0n) is 11.7. The number of sulfonamides is 1. The number of nitrogens with one attached hydrogen (secondary N) is 1. The van der Waals surface area contributed by atoms with Crippen molar-refractivity contribution in [3.63, 3.8) is 0 Å². The van der Waals surface area contributed by atoms with E-state index in [1.807, 2.05) is 0 Å². The number of hydrogen-bond acceptors (Lipinski definition) is 3. The van der Waals surface area contributed by atoms with Crippen LogP contribution in [0.3, 0.4) is 0 Å². The monoisotopic (exact) mass is 325 g/mol. The molecule has 0 aliphatic carbocycles. The molecule has 1 saturated heterocycles. The van der Waals surface area contributed by atoms with Crippen molar-refractivity contribution in [3.8, 4) is 0 Å². The predicted octanol–water partition coefficient (Wildman–Crippen LogP) is 2.35. The molecule has 0 aromatic carbocycles. The van der Waals surface area contributed by atoms with Crippen LogP contribution in [-0.4, -0.2) is 41.5 Å². The number of aromatic amines is 1. The fourth-order valence-electron chi connectivity index (χ4n) is 2.48. The third kappa shape index (κ3) is 3.76. The Morgan fingerprint density at radius 3 is 2.48 bits per heavy atom. The van der Waals surface area contributed by atoms with Gasteiger partial charge in [-0.15, -0.1) is 0 Å². The number of nitrogens with zero attached hydrogens (tertiary/aromatic N) is 2. The summed E-state index contributed by atoms with van der Waals surface area (Å²) in [7, 11) is -3.23. The van der Waals surface area contributed by atoms with Crippen LogP contribution in [0.25, 0.3) is 0 Å². The van der Waals surface area contributed by atoms with Gasteiger partial charge in [0, 0.05) is 19.0 Å². The van der Waals surface area contributed by atoms with Crippen LogP contribution in [0.15, 0.2) is 6.20 Å². The van der Waals surface area contributed by atoms with E-state index in [2.05, 4.69) is 9.97 Å². The molecule has 120 valence electrons. The Bertz CT molecular complexity index is 575. The van der Waals surface area contributed by atoms with Crippen LogP contribution in [-0.2, 0) is 16.2 Å². The smallest absolute Gasteiger partial charge is 0.338 e. The van der Waals surface area contributed by atoms with Gasteiger partial charge in [-0.3, -0.25) is 0 Å². The van der Waals surface area contributed by atoms with Crippen molar-refractivity contribution in [1.82, 2.24) is 14.3 Å². The third-order valence-electron chi connectivity index (χ3n) is 3.60. The Labute approximate surface area is 121 Å². The third-order valence-corrected chi connectivity index (χ3v) is 5.67. The van der Waals surface area contributed by atoms with Crippen LogP contribution >= 0.6 is 0 Å². The predicted molar refractivity (Wildman–Crippen MR) is 71.2 cm³/mol. The molecule has 0 atom stereocenters. The minimum absolute atomic E-state index is 0.108. The van der Waals surface area contributed by atoms with E-state index in [-0.39, 0.29) is 17.5 Å². The van der Waals surface area contributed by atoms with Gasteiger partial charge in [0.1, 0.15) is 11.5 Å². The zero-order chi connectivity index (χ0) is 15.7. The van der Waals surface area contributed by atoms with E-state index in [0.29, 0.717) is 32.4 Å². The van der Waals surface area contributed by atoms with Gasteiger partial charge in [-0.1, -0.05) is 6.92 Å². The maximum absolute atomic E-state index is 12.5. The number of alkyl halides is 3. The lowest BCUT2D eigenvalue weighted by atomic mass is 9.97. The molecule has 1 aromatic heterocycles. The fourth-order valence-corrected chi connectivity index (χ4v) is 4.02. The van der Waals surface area contributed by atoms with E-state index in [9.17, 15) is 21.6 Å². The highest BCUT2D eigenvalue weighted by Gasteiger charge is 2.35. The number of hydrogen-bond donors (Lipinski definition) is 1. The normalized spacial score (nSPS) is 19.0. The maximum atomic E-state index is 12.5. The van der Waals surface area contributed by atoms with E-state index in [1.165, 1.54) is 4.31 Å². The number of piperidine rings is 1. The van der Waals surface area contributed by atoms with E-state index >= 15 is 0 Å². The first-order chi connectivity index (χ1) is 9.74.